The third-order valence-electron chi connectivity index (χ3n) is 5.25. The maximum absolute atomic E-state index is 13.0. The molecule has 0 unspecified atom stereocenters. The number of Topliss-reactive ketones (excluding diaryl/α,β-unsaturated/α-hetero) is 1. The van der Waals surface area contributed by atoms with E-state index in [9.17, 15) is 9.59 Å². The van der Waals surface area contributed by atoms with E-state index in [4.69, 9.17) is 25.8 Å². The van der Waals surface area contributed by atoms with Crippen LogP contribution in [0.1, 0.15) is 51.5 Å². The number of hydrogen-bond donors (Lipinski definition) is 1. The number of carbonyl (C=O) groups is 2. The molecule has 0 amide bonds. The Kier molecular flexibility index (Phi) is 7.56. The Morgan fingerprint density at radius 3 is 2.70 bits per heavy atom. The summed E-state index contributed by atoms with van der Waals surface area (Å²) in [5, 5.41) is 3.72. The van der Waals surface area contributed by atoms with Crippen molar-refractivity contribution >= 4 is 23.4 Å². The highest BCUT2D eigenvalue weighted by atomic mass is 35.5. The number of rotatable bonds is 8. The van der Waals surface area contributed by atoms with Crippen LogP contribution in [0.15, 0.2) is 40.7 Å². The lowest BCUT2D eigenvalue weighted by atomic mass is 9.75. The highest BCUT2D eigenvalue weighted by Gasteiger charge is 2.39. The molecule has 30 heavy (non-hydrogen) atoms. The van der Waals surface area contributed by atoms with Crippen LogP contribution in [0, 0.1) is 0 Å². The van der Waals surface area contributed by atoms with Crippen LogP contribution in [-0.4, -0.2) is 38.2 Å². The van der Waals surface area contributed by atoms with Crippen LogP contribution in [0.25, 0.3) is 0 Å². The maximum Gasteiger partial charge on any atom is 0.336 e. The summed E-state index contributed by atoms with van der Waals surface area (Å²) in [5.74, 6) is -0.366. The molecule has 0 bridgehead atoms. The van der Waals surface area contributed by atoms with Gasteiger partial charge in [-0.1, -0.05) is 17.7 Å². The zero-order valence-electron chi connectivity index (χ0n) is 17.7. The average Bonchev–Trinajstić information content (AvgIpc) is 2.72. The van der Waals surface area contributed by atoms with Gasteiger partial charge in [0.25, 0.3) is 0 Å². The van der Waals surface area contributed by atoms with Gasteiger partial charge in [-0.25, -0.2) is 4.79 Å². The van der Waals surface area contributed by atoms with E-state index in [1.807, 2.05) is 26.8 Å². The van der Waals surface area contributed by atoms with Gasteiger partial charge in [-0.3, -0.25) is 4.79 Å². The van der Waals surface area contributed by atoms with Gasteiger partial charge in [0.2, 0.25) is 0 Å². The minimum atomic E-state index is -0.526. The standard InChI is InChI=1S/C23H28ClNO5/c1-4-28-11-12-30-23(27)20-14(3)25-17-7-6-8-18(26)22(17)21(20)15-9-10-19(29-5-2)16(24)13-15/h9-10,13,21,25H,4-8,11-12H2,1-3H3/t21-/m1/s1. The second-order valence-corrected chi connectivity index (χ2v) is 7.63. The minimum absolute atomic E-state index is 0.0471. The molecule has 1 heterocycles. The molecule has 7 heteroatoms. The first-order valence-corrected chi connectivity index (χ1v) is 10.8. The fourth-order valence-electron chi connectivity index (χ4n) is 3.97. The monoisotopic (exact) mass is 433 g/mol. The number of halogens is 1. The Balaban J connectivity index is 2.01. The molecule has 0 spiro atoms. The quantitative estimate of drug-likeness (QED) is 0.487. The molecular formula is C23H28ClNO5. The third kappa shape index (κ3) is 4.71. The van der Waals surface area contributed by atoms with Crippen LogP contribution >= 0.6 is 11.6 Å². The van der Waals surface area contributed by atoms with Crippen molar-refractivity contribution in [3.8, 4) is 5.75 Å². The number of ketones is 1. The van der Waals surface area contributed by atoms with Gasteiger partial charge in [0.05, 0.1) is 23.8 Å². The SMILES string of the molecule is CCOCCOC(=O)C1=C(C)NC2=C(C(=O)CCC2)[C@@H]1c1ccc(OCC)c(Cl)c1. The van der Waals surface area contributed by atoms with Crippen LogP contribution in [0.2, 0.25) is 5.02 Å². The maximum atomic E-state index is 13.0. The van der Waals surface area contributed by atoms with Crippen LogP contribution in [-0.2, 0) is 19.1 Å². The Labute approximate surface area is 182 Å². The predicted molar refractivity (Wildman–Crippen MR) is 115 cm³/mol. The Morgan fingerprint density at radius 2 is 2.00 bits per heavy atom. The van der Waals surface area contributed by atoms with Crippen molar-refractivity contribution in [3.63, 3.8) is 0 Å². The van der Waals surface area contributed by atoms with Crippen LogP contribution in [0.3, 0.4) is 0 Å². The van der Waals surface area contributed by atoms with E-state index in [2.05, 4.69) is 5.32 Å². The van der Waals surface area contributed by atoms with Gasteiger partial charge in [0, 0.05) is 35.9 Å². The number of carbonyl (C=O) groups excluding carboxylic acids is 2. The van der Waals surface area contributed by atoms with Gasteiger partial charge < -0.3 is 19.5 Å². The Bertz CT molecular complexity index is 890. The molecule has 1 aromatic carbocycles. The lowest BCUT2D eigenvalue weighted by Crippen LogP contribution is -2.34. The summed E-state index contributed by atoms with van der Waals surface area (Å²) in [5.41, 5.74) is 3.40. The molecule has 1 atom stereocenters. The van der Waals surface area contributed by atoms with Crippen molar-refractivity contribution < 1.29 is 23.8 Å². The molecule has 0 saturated heterocycles. The van der Waals surface area contributed by atoms with Crippen molar-refractivity contribution in [2.24, 2.45) is 0 Å². The number of nitrogens with one attached hydrogen (secondary N) is 1. The molecule has 0 fully saturated rings. The van der Waals surface area contributed by atoms with E-state index in [0.29, 0.717) is 53.9 Å². The molecule has 2 aliphatic rings. The van der Waals surface area contributed by atoms with Crippen molar-refractivity contribution in [1.82, 2.24) is 5.32 Å². The highest BCUT2D eigenvalue weighted by molar-refractivity contribution is 6.32. The van der Waals surface area contributed by atoms with Gasteiger partial charge in [-0.15, -0.1) is 0 Å². The van der Waals surface area contributed by atoms with Crippen molar-refractivity contribution in [3.05, 3.63) is 51.3 Å². The van der Waals surface area contributed by atoms with Gasteiger partial charge in [-0.2, -0.15) is 0 Å². The fraction of sp³-hybridized carbons (Fsp3) is 0.478. The number of allylic oxidation sites excluding steroid dienone is 3. The highest BCUT2D eigenvalue weighted by Crippen LogP contribution is 2.43. The second kappa shape index (κ2) is 10.1. The van der Waals surface area contributed by atoms with E-state index >= 15 is 0 Å². The molecule has 1 aliphatic carbocycles. The molecule has 162 valence electrons. The molecule has 3 rings (SSSR count). The molecular weight excluding hydrogens is 406 g/mol. The number of hydrogen-bond acceptors (Lipinski definition) is 6. The van der Waals surface area contributed by atoms with E-state index in [1.54, 1.807) is 12.1 Å². The molecule has 1 aliphatic heterocycles. The van der Waals surface area contributed by atoms with Gasteiger partial charge in [0.15, 0.2) is 5.78 Å². The Morgan fingerprint density at radius 1 is 1.20 bits per heavy atom. The van der Waals surface area contributed by atoms with E-state index < -0.39 is 11.9 Å². The summed E-state index contributed by atoms with van der Waals surface area (Å²) in [6.45, 7) is 7.14. The summed E-state index contributed by atoms with van der Waals surface area (Å²) >= 11 is 6.43. The molecule has 0 saturated carbocycles. The topological polar surface area (TPSA) is 73.9 Å². The molecule has 6 nitrogen and oxygen atoms in total. The summed E-state index contributed by atoms with van der Waals surface area (Å²) in [6.07, 6.45) is 2.03. The molecule has 1 N–H and O–H groups in total. The van der Waals surface area contributed by atoms with Crippen LogP contribution in [0.4, 0.5) is 0 Å². The second-order valence-electron chi connectivity index (χ2n) is 7.22. The zero-order chi connectivity index (χ0) is 21.7. The number of ether oxygens (including phenoxy) is 3. The Hall–Kier alpha value is -2.31. The first kappa shape index (κ1) is 22.4. The summed E-state index contributed by atoms with van der Waals surface area (Å²) < 4.78 is 16.3. The molecule has 0 radical (unpaired) electrons. The average molecular weight is 434 g/mol. The summed E-state index contributed by atoms with van der Waals surface area (Å²) in [4.78, 5) is 25.9. The van der Waals surface area contributed by atoms with Crippen LogP contribution < -0.4 is 10.1 Å². The minimum Gasteiger partial charge on any atom is -0.492 e. The van der Waals surface area contributed by atoms with Crippen molar-refractivity contribution in [1.29, 1.82) is 0 Å². The van der Waals surface area contributed by atoms with Gasteiger partial charge in [-0.05, 0) is 51.3 Å². The van der Waals surface area contributed by atoms with Crippen LogP contribution in [0.5, 0.6) is 5.75 Å². The van der Waals surface area contributed by atoms with Gasteiger partial charge in [0.1, 0.15) is 12.4 Å². The third-order valence-corrected chi connectivity index (χ3v) is 5.55. The first-order chi connectivity index (χ1) is 14.5. The van der Waals surface area contributed by atoms with Gasteiger partial charge >= 0.3 is 5.97 Å². The zero-order valence-corrected chi connectivity index (χ0v) is 18.4. The predicted octanol–water partition coefficient (Wildman–Crippen LogP) is 4.29. The number of benzene rings is 1. The van der Waals surface area contributed by atoms with Crippen molar-refractivity contribution in [2.75, 3.05) is 26.4 Å². The summed E-state index contributed by atoms with van der Waals surface area (Å²) in [7, 11) is 0. The lowest BCUT2D eigenvalue weighted by Gasteiger charge is -2.34. The van der Waals surface area contributed by atoms with E-state index in [1.165, 1.54) is 0 Å². The van der Waals surface area contributed by atoms with E-state index in [-0.39, 0.29) is 12.4 Å². The summed E-state index contributed by atoms with van der Waals surface area (Å²) in [6, 6.07) is 5.42. The molecule has 1 aromatic rings. The largest absolute Gasteiger partial charge is 0.492 e. The van der Waals surface area contributed by atoms with Crippen molar-refractivity contribution in [2.45, 2.75) is 46.0 Å². The first-order valence-electron chi connectivity index (χ1n) is 10.4. The van der Waals surface area contributed by atoms with E-state index in [0.717, 1.165) is 24.1 Å². The molecule has 0 aromatic heterocycles. The normalized spacial score (nSPS) is 18.8. The lowest BCUT2D eigenvalue weighted by molar-refractivity contribution is -0.140. The number of dihydropyridines is 1. The number of esters is 1. The smallest absolute Gasteiger partial charge is 0.336 e. The fourth-order valence-corrected chi connectivity index (χ4v) is 4.22.